The van der Waals surface area contributed by atoms with Crippen LogP contribution in [-0.4, -0.2) is 44.3 Å². The second-order valence-electron chi connectivity index (χ2n) is 5.99. The van der Waals surface area contributed by atoms with Crippen molar-refractivity contribution in [2.24, 2.45) is 11.8 Å². The number of hydrogen-bond donors (Lipinski definition) is 1. The first-order chi connectivity index (χ1) is 10.3. The van der Waals surface area contributed by atoms with Gasteiger partial charge in [0, 0.05) is 25.2 Å². The Morgan fingerprint density at radius 1 is 1.29 bits per heavy atom. The fourth-order valence-corrected chi connectivity index (χ4v) is 3.57. The van der Waals surface area contributed by atoms with E-state index < -0.39 is 0 Å². The maximum Gasteiger partial charge on any atom is 0.241 e. The summed E-state index contributed by atoms with van der Waals surface area (Å²) >= 11 is 0. The highest BCUT2D eigenvalue weighted by Gasteiger charge is 2.41. The van der Waals surface area contributed by atoms with Crippen molar-refractivity contribution in [2.75, 3.05) is 13.1 Å². The summed E-state index contributed by atoms with van der Waals surface area (Å²) in [6, 6.07) is 5.63. The van der Waals surface area contributed by atoms with Gasteiger partial charge in [0.15, 0.2) is 0 Å². The normalized spacial score (nSPS) is 28.9. The van der Waals surface area contributed by atoms with Crippen LogP contribution in [0.2, 0.25) is 0 Å². The van der Waals surface area contributed by atoms with Crippen LogP contribution >= 0.6 is 0 Å². The number of aliphatic hydroxyl groups is 1. The molecule has 0 bridgehead atoms. The van der Waals surface area contributed by atoms with Crippen molar-refractivity contribution in [1.29, 1.82) is 0 Å². The summed E-state index contributed by atoms with van der Waals surface area (Å²) in [7, 11) is 0. The number of aromatic nitrogens is 3. The van der Waals surface area contributed by atoms with E-state index in [4.69, 9.17) is 4.52 Å². The summed E-state index contributed by atoms with van der Waals surface area (Å²) in [6.07, 6.45) is 3.67. The van der Waals surface area contributed by atoms with E-state index in [1.807, 2.05) is 18.2 Å². The fourth-order valence-electron chi connectivity index (χ4n) is 3.57. The number of pyridine rings is 1. The van der Waals surface area contributed by atoms with E-state index in [0.717, 1.165) is 31.6 Å². The van der Waals surface area contributed by atoms with Crippen molar-refractivity contribution >= 4 is 0 Å². The Bertz CT molecular complexity index is 615. The largest absolute Gasteiger partial charge is 0.393 e. The Labute approximate surface area is 122 Å². The van der Waals surface area contributed by atoms with Crippen LogP contribution in [0.4, 0.5) is 0 Å². The molecule has 2 fully saturated rings. The van der Waals surface area contributed by atoms with Gasteiger partial charge in [-0.2, -0.15) is 4.98 Å². The topological polar surface area (TPSA) is 75.3 Å². The second kappa shape index (κ2) is 5.20. The summed E-state index contributed by atoms with van der Waals surface area (Å²) in [5, 5.41) is 13.9. The minimum Gasteiger partial charge on any atom is -0.393 e. The van der Waals surface area contributed by atoms with E-state index in [1.54, 1.807) is 6.20 Å². The third-order valence-electron chi connectivity index (χ3n) is 4.62. The third-order valence-corrected chi connectivity index (χ3v) is 4.62. The molecule has 21 heavy (non-hydrogen) atoms. The molecular formula is C15H18N4O2. The van der Waals surface area contributed by atoms with Crippen LogP contribution in [0, 0.1) is 11.8 Å². The number of likely N-dealkylation sites (tertiary alicyclic amines) is 1. The van der Waals surface area contributed by atoms with Gasteiger partial charge in [0.25, 0.3) is 0 Å². The Kier molecular flexibility index (Phi) is 3.20. The first-order valence-corrected chi connectivity index (χ1v) is 7.44. The van der Waals surface area contributed by atoms with Crippen LogP contribution < -0.4 is 0 Å². The summed E-state index contributed by atoms with van der Waals surface area (Å²) in [5.41, 5.74) is 0.723. The molecule has 6 heteroatoms. The van der Waals surface area contributed by atoms with E-state index in [1.165, 1.54) is 0 Å². The minimum absolute atomic E-state index is 0.133. The summed E-state index contributed by atoms with van der Waals surface area (Å²) in [4.78, 5) is 10.9. The Hall–Kier alpha value is -1.79. The van der Waals surface area contributed by atoms with E-state index in [0.29, 0.717) is 30.1 Å². The minimum atomic E-state index is -0.133. The van der Waals surface area contributed by atoms with Gasteiger partial charge in [0.05, 0.1) is 12.6 Å². The van der Waals surface area contributed by atoms with Crippen molar-refractivity contribution in [1.82, 2.24) is 20.0 Å². The summed E-state index contributed by atoms with van der Waals surface area (Å²) in [5.74, 6) is 2.19. The zero-order valence-electron chi connectivity index (χ0n) is 11.7. The van der Waals surface area contributed by atoms with Crippen molar-refractivity contribution in [2.45, 2.75) is 25.5 Å². The van der Waals surface area contributed by atoms with Crippen LogP contribution in [0.5, 0.6) is 0 Å². The molecule has 0 aromatic carbocycles. The SMILES string of the molecule is OC1CCC2CN(Cc3nc(-c4ccccn4)no3)CC12. The lowest BCUT2D eigenvalue weighted by atomic mass is 10.00. The standard InChI is InChI=1S/C15H18N4O2/c20-13-5-4-10-7-19(8-11(10)13)9-14-17-15(18-21-14)12-3-1-2-6-16-12/h1-3,6,10-11,13,20H,4-5,7-9H2. The lowest BCUT2D eigenvalue weighted by Crippen LogP contribution is -2.24. The van der Waals surface area contributed by atoms with Crippen molar-refractivity contribution in [3.8, 4) is 11.5 Å². The smallest absolute Gasteiger partial charge is 0.241 e. The Balaban J connectivity index is 1.44. The van der Waals surface area contributed by atoms with Crippen LogP contribution in [-0.2, 0) is 6.54 Å². The monoisotopic (exact) mass is 286 g/mol. The predicted molar refractivity (Wildman–Crippen MR) is 75.0 cm³/mol. The third kappa shape index (κ3) is 2.45. The first-order valence-electron chi connectivity index (χ1n) is 7.44. The summed E-state index contributed by atoms with van der Waals surface area (Å²) < 4.78 is 5.32. The second-order valence-corrected chi connectivity index (χ2v) is 5.99. The highest BCUT2D eigenvalue weighted by atomic mass is 16.5. The van der Waals surface area contributed by atoms with E-state index in [-0.39, 0.29) is 6.10 Å². The molecule has 1 aliphatic heterocycles. The molecule has 1 saturated heterocycles. The van der Waals surface area contributed by atoms with Crippen molar-refractivity contribution < 1.29 is 9.63 Å². The average molecular weight is 286 g/mol. The van der Waals surface area contributed by atoms with Crippen molar-refractivity contribution in [3.63, 3.8) is 0 Å². The molecule has 4 rings (SSSR count). The molecule has 3 unspecified atom stereocenters. The first kappa shape index (κ1) is 12.9. The molecule has 110 valence electrons. The van der Waals surface area contributed by atoms with Gasteiger partial charge in [-0.3, -0.25) is 9.88 Å². The molecule has 3 heterocycles. The van der Waals surface area contributed by atoms with Crippen molar-refractivity contribution in [3.05, 3.63) is 30.3 Å². The number of nitrogens with zero attached hydrogens (tertiary/aromatic N) is 4. The maximum absolute atomic E-state index is 9.95. The van der Waals surface area contributed by atoms with Crippen LogP contribution in [0.25, 0.3) is 11.5 Å². The van der Waals surface area contributed by atoms with E-state index >= 15 is 0 Å². The molecule has 0 spiro atoms. The molecule has 2 aromatic rings. The maximum atomic E-state index is 9.95. The Morgan fingerprint density at radius 2 is 2.24 bits per heavy atom. The molecule has 0 radical (unpaired) electrons. The van der Waals surface area contributed by atoms with Gasteiger partial charge >= 0.3 is 0 Å². The molecule has 1 aliphatic carbocycles. The molecule has 3 atom stereocenters. The van der Waals surface area contributed by atoms with Gasteiger partial charge in [-0.25, -0.2) is 0 Å². The number of aliphatic hydroxyl groups excluding tert-OH is 1. The van der Waals surface area contributed by atoms with Crippen LogP contribution in [0.3, 0.4) is 0 Å². The zero-order chi connectivity index (χ0) is 14.2. The van der Waals surface area contributed by atoms with Gasteiger partial charge in [0.2, 0.25) is 11.7 Å². The van der Waals surface area contributed by atoms with E-state index in [2.05, 4.69) is 20.0 Å². The predicted octanol–water partition coefficient (Wildman–Crippen LogP) is 1.33. The molecule has 2 aromatic heterocycles. The van der Waals surface area contributed by atoms with Gasteiger partial charge < -0.3 is 9.63 Å². The van der Waals surface area contributed by atoms with E-state index in [9.17, 15) is 5.11 Å². The zero-order valence-corrected chi connectivity index (χ0v) is 11.7. The fraction of sp³-hybridized carbons (Fsp3) is 0.533. The lowest BCUT2D eigenvalue weighted by Gasteiger charge is -2.15. The molecular weight excluding hydrogens is 268 g/mol. The molecule has 6 nitrogen and oxygen atoms in total. The lowest BCUT2D eigenvalue weighted by molar-refractivity contribution is 0.122. The average Bonchev–Trinajstić information content (AvgIpc) is 3.19. The molecule has 2 aliphatic rings. The van der Waals surface area contributed by atoms with Crippen LogP contribution in [0.1, 0.15) is 18.7 Å². The van der Waals surface area contributed by atoms with Gasteiger partial charge in [-0.1, -0.05) is 11.2 Å². The number of hydrogen-bond acceptors (Lipinski definition) is 6. The highest BCUT2D eigenvalue weighted by molar-refractivity contribution is 5.46. The highest BCUT2D eigenvalue weighted by Crippen LogP contribution is 2.38. The molecule has 0 amide bonds. The van der Waals surface area contributed by atoms with Crippen LogP contribution in [0.15, 0.2) is 28.9 Å². The quantitative estimate of drug-likeness (QED) is 0.917. The van der Waals surface area contributed by atoms with Gasteiger partial charge in [-0.15, -0.1) is 0 Å². The van der Waals surface area contributed by atoms with Gasteiger partial charge in [-0.05, 0) is 30.9 Å². The molecule has 1 saturated carbocycles. The van der Waals surface area contributed by atoms with Gasteiger partial charge in [0.1, 0.15) is 5.69 Å². The Morgan fingerprint density at radius 3 is 3.05 bits per heavy atom. The molecule has 1 N–H and O–H groups in total. The summed E-state index contributed by atoms with van der Waals surface area (Å²) in [6.45, 7) is 2.59. The number of rotatable bonds is 3. The number of fused-ring (bicyclic) bond motifs is 1.